The van der Waals surface area contributed by atoms with Crippen LogP contribution in [0.5, 0.6) is 11.5 Å². The highest BCUT2D eigenvalue weighted by Gasteiger charge is 2.36. The van der Waals surface area contributed by atoms with Crippen molar-refractivity contribution in [2.75, 3.05) is 13.0 Å². The summed E-state index contributed by atoms with van der Waals surface area (Å²) in [7, 11) is 0. The van der Waals surface area contributed by atoms with E-state index in [2.05, 4.69) is 0 Å². The second kappa shape index (κ2) is 4.96. The van der Waals surface area contributed by atoms with Crippen molar-refractivity contribution in [3.8, 4) is 11.5 Å². The molecule has 1 fully saturated rings. The zero-order chi connectivity index (χ0) is 13.4. The molecule has 1 saturated carbocycles. The lowest BCUT2D eigenvalue weighted by molar-refractivity contribution is -0.137. The number of carboxylic acid groups (broad SMARTS) is 1. The molecule has 0 radical (unpaired) electrons. The Hall–Kier alpha value is -1.36. The lowest BCUT2D eigenvalue weighted by Gasteiger charge is -2.18. The van der Waals surface area contributed by atoms with Gasteiger partial charge in [-0.05, 0) is 42.6 Å². The third-order valence-electron chi connectivity index (χ3n) is 3.71. The van der Waals surface area contributed by atoms with Crippen LogP contribution in [0.25, 0.3) is 0 Å². The van der Waals surface area contributed by atoms with E-state index in [-0.39, 0.29) is 19.1 Å². The first-order valence-electron chi connectivity index (χ1n) is 6.39. The maximum absolute atomic E-state index is 11.1. The second-order valence-electron chi connectivity index (χ2n) is 4.96. The monoisotopic (exact) mass is 280 g/mol. The molecule has 1 aliphatic heterocycles. The van der Waals surface area contributed by atoms with Gasteiger partial charge in [-0.2, -0.15) is 0 Å². The van der Waals surface area contributed by atoms with Crippen molar-refractivity contribution in [3.05, 3.63) is 17.7 Å². The standard InChI is InChI=1S/C14H16O4S/c1-19-14-9(4-5-11-13(14)18-7-17-11)10(6-12(15)16)8-2-3-8/h4-5,8,10H,2-3,6-7H2,1H3,(H,15,16). The van der Waals surface area contributed by atoms with Crippen molar-refractivity contribution in [3.63, 3.8) is 0 Å². The molecule has 1 atom stereocenters. The number of hydrogen-bond acceptors (Lipinski definition) is 4. The number of thioether (sulfide) groups is 1. The topological polar surface area (TPSA) is 55.8 Å². The Morgan fingerprint density at radius 2 is 2.26 bits per heavy atom. The molecule has 4 nitrogen and oxygen atoms in total. The van der Waals surface area contributed by atoms with E-state index in [0.29, 0.717) is 5.92 Å². The average Bonchev–Trinajstić information content (AvgIpc) is 3.12. The molecule has 2 aliphatic rings. The Kier molecular flexibility index (Phi) is 3.31. The van der Waals surface area contributed by atoms with Crippen molar-refractivity contribution in [1.82, 2.24) is 0 Å². The molecule has 1 N–H and O–H groups in total. The fourth-order valence-corrected chi connectivity index (χ4v) is 3.48. The van der Waals surface area contributed by atoms with E-state index in [9.17, 15) is 4.79 Å². The van der Waals surface area contributed by atoms with Crippen molar-refractivity contribution in [1.29, 1.82) is 0 Å². The fourth-order valence-electron chi connectivity index (χ4n) is 2.68. The summed E-state index contributed by atoms with van der Waals surface area (Å²) in [5.41, 5.74) is 1.10. The third kappa shape index (κ3) is 2.39. The van der Waals surface area contributed by atoms with Gasteiger partial charge >= 0.3 is 5.97 Å². The average molecular weight is 280 g/mol. The van der Waals surface area contributed by atoms with Crippen molar-refractivity contribution in [2.45, 2.75) is 30.1 Å². The molecule has 1 aromatic rings. The Morgan fingerprint density at radius 3 is 2.89 bits per heavy atom. The van der Waals surface area contributed by atoms with Gasteiger partial charge in [0.15, 0.2) is 11.5 Å². The Bertz CT molecular complexity index is 510. The molecule has 1 unspecified atom stereocenters. The summed E-state index contributed by atoms with van der Waals surface area (Å²) in [6, 6.07) is 3.90. The van der Waals surface area contributed by atoms with Crippen LogP contribution < -0.4 is 9.47 Å². The van der Waals surface area contributed by atoms with Gasteiger partial charge in [-0.25, -0.2) is 0 Å². The molecule has 0 spiro atoms. The van der Waals surface area contributed by atoms with Crippen LogP contribution in [0.3, 0.4) is 0 Å². The van der Waals surface area contributed by atoms with Crippen LogP contribution in [-0.4, -0.2) is 24.1 Å². The largest absolute Gasteiger partial charge is 0.481 e. The minimum absolute atomic E-state index is 0.0921. The first-order valence-corrected chi connectivity index (χ1v) is 7.61. The summed E-state index contributed by atoms with van der Waals surface area (Å²) in [5, 5.41) is 9.12. The molecule has 0 bridgehead atoms. The van der Waals surface area contributed by atoms with Gasteiger partial charge < -0.3 is 14.6 Å². The Balaban J connectivity index is 2.00. The van der Waals surface area contributed by atoms with Crippen LogP contribution in [0.1, 0.15) is 30.7 Å². The summed E-state index contributed by atoms with van der Waals surface area (Å²) in [5.74, 6) is 1.40. The van der Waals surface area contributed by atoms with Crippen molar-refractivity contribution in [2.24, 2.45) is 5.92 Å². The molecule has 0 saturated heterocycles. The summed E-state index contributed by atoms with van der Waals surface area (Å²) in [6.07, 6.45) is 4.43. The number of carboxylic acids is 1. The lowest BCUT2D eigenvalue weighted by Crippen LogP contribution is -2.09. The lowest BCUT2D eigenvalue weighted by atomic mass is 9.90. The van der Waals surface area contributed by atoms with Gasteiger partial charge in [0.05, 0.1) is 11.3 Å². The third-order valence-corrected chi connectivity index (χ3v) is 4.54. The zero-order valence-electron chi connectivity index (χ0n) is 10.7. The molecule has 19 heavy (non-hydrogen) atoms. The molecule has 0 aromatic heterocycles. The maximum Gasteiger partial charge on any atom is 0.303 e. The van der Waals surface area contributed by atoms with Gasteiger partial charge in [-0.3, -0.25) is 4.79 Å². The smallest absolute Gasteiger partial charge is 0.303 e. The highest BCUT2D eigenvalue weighted by Crippen LogP contribution is 2.51. The maximum atomic E-state index is 11.1. The second-order valence-corrected chi connectivity index (χ2v) is 5.78. The zero-order valence-corrected chi connectivity index (χ0v) is 11.5. The summed E-state index contributed by atoms with van der Waals surface area (Å²) >= 11 is 1.60. The predicted molar refractivity (Wildman–Crippen MR) is 72.1 cm³/mol. The van der Waals surface area contributed by atoms with Gasteiger partial charge in [0.2, 0.25) is 6.79 Å². The van der Waals surface area contributed by atoms with Gasteiger partial charge in [0.1, 0.15) is 0 Å². The van der Waals surface area contributed by atoms with Crippen LogP contribution in [0.2, 0.25) is 0 Å². The number of rotatable bonds is 5. The van der Waals surface area contributed by atoms with Crippen LogP contribution in [0.15, 0.2) is 17.0 Å². The molecule has 5 heteroatoms. The minimum atomic E-state index is -0.735. The highest BCUT2D eigenvalue weighted by molar-refractivity contribution is 7.98. The van der Waals surface area contributed by atoms with E-state index in [1.165, 1.54) is 0 Å². The minimum Gasteiger partial charge on any atom is -0.481 e. The van der Waals surface area contributed by atoms with E-state index in [1.54, 1.807) is 11.8 Å². The van der Waals surface area contributed by atoms with Gasteiger partial charge in [-0.1, -0.05) is 6.07 Å². The first kappa shape index (κ1) is 12.7. The highest BCUT2D eigenvalue weighted by atomic mass is 32.2. The number of benzene rings is 1. The Morgan fingerprint density at radius 1 is 1.47 bits per heavy atom. The van der Waals surface area contributed by atoms with Gasteiger partial charge in [0, 0.05) is 0 Å². The molecule has 1 heterocycles. The van der Waals surface area contributed by atoms with Crippen LogP contribution >= 0.6 is 11.8 Å². The Labute approximate surface area is 116 Å². The van der Waals surface area contributed by atoms with Crippen LogP contribution in [0.4, 0.5) is 0 Å². The van der Waals surface area contributed by atoms with E-state index in [0.717, 1.165) is 34.8 Å². The summed E-state index contributed by atoms with van der Waals surface area (Å²) in [4.78, 5) is 12.1. The van der Waals surface area contributed by atoms with Gasteiger partial charge in [-0.15, -0.1) is 11.8 Å². The molecule has 1 aromatic carbocycles. The molecule has 3 rings (SSSR count). The quantitative estimate of drug-likeness (QED) is 0.840. The first-order chi connectivity index (χ1) is 9.20. The van der Waals surface area contributed by atoms with Crippen LogP contribution in [0, 0.1) is 5.92 Å². The molecular formula is C14H16O4S. The van der Waals surface area contributed by atoms with Gasteiger partial charge in [0.25, 0.3) is 0 Å². The number of ether oxygens (including phenoxy) is 2. The molecule has 102 valence electrons. The number of carbonyl (C=O) groups is 1. The van der Waals surface area contributed by atoms with Crippen molar-refractivity contribution >= 4 is 17.7 Å². The number of fused-ring (bicyclic) bond motifs is 1. The predicted octanol–water partition coefficient (Wildman–Crippen LogP) is 3.11. The SMILES string of the molecule is CSc1c(C(CC(=O)O)C2CC2)ccc2c1OCO2. The summed E-state index contributed by atoms with van der Waals surface area (Å²) in [6.45, 7) is 0.249. The molecular weight excluding hydrogens is 264 g/mol. The number of hydrogen-bond donors (Lipinski definition) is 1. The van der Waals surface area contributed by atoms with Crippen LogP contribution in [-0.2, 0) is 4.79 Å². The van der Waals surface area contributed by atoms with Crippen molar-refractivity contribution < 1.29 is 19.4 Å². The molecule has 1 aliphatic carbocycles. The van der Waals surface area contributed by atoms with E-state index in [1.807, 2.05) is 18.4 Å². The van der Waals surface area contributed by atoms with E-state index in [4.69, 9.17) is 14.6 Å². The summed E-state index contributed by atoms with van der Waals surface area (Å²) < 4.78 is 10.9. The normalized spacial score (nSPS) is 18.4. The van der Waals surface area contributed by atoms with E-state index >= 15 is 0 Å². The number of aliphatic carboxylic acids is 1. The fraction of sp³-hybridized carbons (Fsp3) is 0.500. The molecule has 0 amide bonds. The van der Waals surface area contributed by atoms with E-state index < -0.39 is 5.97 Å².